The molecule has 0 aromatic heterocycles. The fourth-order valence-electron chi connectivity index (χ4n) is 3.03. The smallest absolute Gasteiger partial charge is 0.126 e. The van der Waals surface area contributed by atoms with E-state index in [1.807, 2.05) is 0 Å². The third kappa shape index (κ3) is 3.30. The highest BCUT2D eigenvalue weighted by Crippen LogP contribution is 2.40. The molecule has 0 spiro atoms. The number of para-hydroxylation sites is 1. The van der Waals surface area contributed by atoms with Gasteiger partial charge >= 0.3 is 0 Å². The van der Waals surface area contributed by atoms with Gasteiger partial charge in [0.05, 0.1) is 14.7 Å². The SMILES string of the molecule is CCOc1ccccc1C1=C([Si](C)(C)C)CCCC1. The van der Waals surface area contributed by atoms with Crippen LogP contribution in [0.3, 0.4) is 0 Å². The Morgan fingerprint density at radius 3 is 2.42 bits per heavy atom. The molecule has 0 amide bonds. The predicted octanol–water partition coefficient (Wildman–Crippen LogP) is 5.29. The van der Waals surface area contributed by atoms with Gasteiger partial charge < -0.3 is 4.74 Å². The van der Waals surface area contributed by atoms with Crippen molar-refractivity contribution in [1.29, 1.82) is 0 Å². The van der Waals surface area contributed by atoms with Crippen LogP contribution >= 0.6 is 0 Å². The lowest BCUT2D eigenvalue weighted by molar-refractivity contribution is 0.339. The maximum atomic E-state index is 5.83. The summed E-state index contributed by atoms with van der Waals surface area (Å²) in [5.41, 5.74) is 2.94. The van der Waals surface area contributed by atoms with Gasteiger partial charge in [0.2, 0.25) is 0 Å². The van der Waals surface area contributed by atoms with E-state index in [4.69, 9.17) is 4.74 Å². The Morgan fingerprint density at radius 2 is 1.74 bits per heavy atom. The first-order valence-electron chi connectivity index (χ1n) is 7.48. The summed E-state index contributed by atoms with van der Waals surface area (Å²) in [7, 11) is -1.22. The van der Waals surface area contributed by atoms with Crippen molar-refractivity contribution in [3.8, 4) is 5.75 Å². The third-order valence-corrected chi connectivity index (χ3v) is 6.25. The first-order valence-corrected chi connectivity index (χ1v) is 11.0. The van der Waals surface area contributed by atoms with E-state index in [2.05, 4.69) is 50.8 Å². The van der Waals surface area contributed by atoms with Gasteiger partial charge in [0.1, 0.15) is 5.75 Å². The summed E-state index contributed by atoms with van der Waals surface area (Å²) in [5, 5.41) is 1.76. The second-order valence-electron chi connectivity index (χ2n) is 6.34. The molecule has 2 heteroatoms. The van der Waals surface area contributed by atoms with Crippen molar-refractivity contribution < 1.29 is 4.74 Å². The molecule has 19 heavy (non-hydrogen) atoms. The molecule has 2 rings (SSSR count). The molecule has 0 radical (unpaired) electrons. The van der Waals surface area contributed by atoms with E-state index in [1.165, 1.54) is 31.2 Å². The maximum absolute atomic E-state index is 5.83. The van der Waals surface area contributed by atoms with Gasteiger partial charge in [0.25, 0.3) is 0 Å². The minimum atomic E-state index is -1.22. The summed E-state index contributed by atoms with van der Waals surface area (Å²) in [4.78, 5) is 0. The minimum absolute atomic E-state index is 0.743. The molecule has 0 saturated heterocycles. The fraction of sp³-hybridized carbons (Fsp3) is 0.529. The molecule has 104 valence electrons. The lowest BCUT2D eigenvalue weighted by atomic mass is 9.93. The van der Waals surface area contributed by atoms with Gasteiger partial charge in [-0.15, -0.1) is 0 Å². The van der Waals surface area contributed by atoms with E-state index in [1.54, 1.807) is 10.8 Å². The summed E-state index contributed by atoms with van der Waals surface area (Å²) < 4.78 is 5.83. The Kier molecular flexibility index (Phi) is 4.51. The molecule has 1 aliphatic carbocycles. The zero-order valence-corrected chi connectivity index (χ0v) is 13.8. The van der Waals surface area contributed by atoms with Crippen LogP contribution in [0.4, 0.5) is 0 Å². The molecule has 0 atom stereocenters. The average molecular weight is 274 g/mol. The van der Waals surface area contributed by atoms with Crippen molar-refractivity contribution in [2.24, 2.45) is 0 Å². The molecule has 1 aromatic rings. The van der Waals surface area contributed by atoms with Crippen LogP contribution in [0.2, 0.25) is 19.6 Å². The van der Waals surface area contributed by atoms with Gasteiger partial charge in [0, 0.05) is 5.56 Å². The standard InChI is InChI=1S/C17H26OSi/c1-5-18-16-12-8-6-10-14(16)15-11-7-9-13-17(15)19(2,3)4/h6,8,10,12H,5,7,9,11,13H2,1-4H3. The van der Waals surface area contributed by atoms with Gasteiger partial charge in [-0.3, -0.25) is 0 Å². The number of ether oxygens (including phenoxy) is 1. The van der Waals surface area contributed by atoms with Gasteiger partial charge in [0.15, 0.2) is 0 Å². The third-order valence-electron chi connectivity index (χ3n) is 3.89. The highest BCUT2D eigenvalue weighted by atomic mass is 28.3. The number of allylic oxidation sites excluding steroid dienone is 2. The molecule has 1 aliphatic rings. The first-order chi connectivity index (χ1) is 9.04. The van der Waals surface area contributed by atoms with Gasteiger partial charge in [-0.25, -0.2) is 0 Å². The monoisotopic (exact) mass is 274 g/mol. The molecular formula is C17H26OSi. The van der Waals surface area contributed by atoms with Gasteiger partial charge in [-0.2, -0.15) is 0 Å². The van der Waals surface area contributed by atoms with Crippen LogP contribution in [0.5, 0.6) is 5.75 Å². The Bertz CT molecular complexity index is 468. The highest BCUT2D eigenvalue weighted by Gasteiger charge is 2.26. The second-order valence-corrected chi connectivity index (χ2v) is 11.4. The molecule has 0 fully saturated rings. The highest BCUT2D eigenvalue weighted by molar-refractivity contribution is 6.84. The van der Waals surface area contributed by atoms with Crippen molar-refractivity contribution in [2.45, 2.75) is 52.2 Å². The van der Waals surface area contributed by atoms with E-state index in [0.29, 0.717) is 0 Å². The van der Waals surface area contributed by atoms with Crippen LogP contribution in [0.15, 0.2) is 29.5 Å². The predicted molar refractivity (Wildman–Crippen MR) is 86.3 cm³/mol. The Morgan fingerprint density at radius 1 is 1.05 bits per heavy atom. The Balaban J connectivity index is 2.51. The number of benzene rings is 1. The Labute approximate surface area is 118 Å². The van der Waals surface area contributed by atoms with Crippen molar-refractivity contribution in [1.82, 2.24) is 0 Å². The molecule has 0 bridgehead atoms. The van der Waals surface area contributed by atoms with Crippen molar-refractivity contribution in [3.63, 3.8) is 0 Å². The van der Waals surface area contributed by atoms with E-state index in [9.17, 15) is 0 Å². The zero-order chi connectivity index (χ0) is 13.9. The van der Waals surface area contributed by atoms with E-state index >= 15 is 0 Å². The van der Waals surface area contributed by atoms with E-state index in [-0.39, 0.29) is 0 Å². The van der Waals surface area contributed by atoms with E-state index in [0.717, 1.165) is 12.4 Å². The summed E-state index contributed by atoms with van der Waals surface area (Å²) in [6, 6.07) is 8.57. The van der Waals surface area contributed by atoms with Crippen LogP contribution < -0.4 is 4.74 Å². The van der Waals surface area contributed by atoms with E-state index < -0.39 is 8.07 Å². The summed E-state index contributed by atoms with van der Waals surface area (Å²) in [6.45, 7) is 10.2. The molecule has 0 aliphatic heterocycles. The summed E-state index contributed by atoms with van der Waals surface area (Å²) in [6.07, 6.45) is 5.21. The van der Waals surface area contributed by atoms with Crippen LogP contribution in [0.1, 0.15) is 38.2 Å². The van der Waals surface area contributed by atoms with Crippen LogP contribution in [0.25, 0.3) is 5.57 Å². The minimum Gasteiger partial charge on any atom is -0.493 e. The molecular weight excluding hydrogens is 248 g/mol. The zero-order valence-electron chi connectivity index (χ0n) is 12.8. The lowest BCUT2D eigenvalue weighted by Crippen LogP contribution is -2.27. The quantitative estimate of drug-likeness (QED) is 0.678. The topological polar surface area (TPSA) is 9.23 Å². The first kappa shape index (κ1) is 14.4. The van der Waals surface area contributed by atoms with Crippen molar-refractivity contribution in [3.05, 3.63) is 35.0 Å². The molecule has 0 unspecified atom stereocenters. The number of rotatable bonds is 4. The lowest BCUT2D eigenvalue weighted by Gasteiger charge is -2.30. The molecule has 0 N–H and O–H groups in total. The summed E-state index contributed by atoms with van der Waals surface area (Å²) in [5.74, 6) is 1.07. The molecule has 0 heterocycles. The maximum Gasteiger partial charge on any atom is 0.126 e. The van der Waals surface area contributed by atoms with Gasteiger partial charge in [-0.05, 0) is 44.2 Å². The average Bonchev–Trinajstić information content (AvgIpc) is 2.39. The van der Waals surface area contributed by atoms with Crippen molar-refractivity contribution >= 4 is 13.6 Å². The van der Waals surface area contributed by atoms with Crippen LogP contribution in [-0.2, 0) is 0 Å². The van der Waals surface area contributed by atoms with Crippen molar-refractivity contribution in [2.75, 3.05) is 6.61 Å². The number of hydrogen-bond acceptors (Lipinski definition) is 1. The normalized spacial score (nSPS) is 16.6. The number of hydrogen-bond donors (Lipinski definition) is 0. The Hall–Kier alpha value is -1.02. The van der Waals surface area contributed by atoms with Gasteiger partial charge in [-0.1, -0.05) is 43.0 Å². The second kappa shape index (κ2) is 5.95. The van der Waals surface area contributed by atoms with Crippen LogP contribution in [0, 0.1) is 0 Å². The van der Waals surface area contributed by atoms with Crippen LogP contribution in [-0.4, -0.2) is 14.7 Å². The molecule has 0 saturated carbocycles. The largest absolute Gasteiger partial charge is 0.493 e. The molecule has 1 aromatic carbocycles. The fourth-order valence-corrected chi connectivity index (χ4v) is 5.12. The molecule has 1 nitrogen and oxygen atoms in total. The summed E-state index contributed by atoms with van der Waals surface area (Å²) >= 11 is 0.